The predicted molar refractivity (Wildman–Crippen MR) is 61.4 cm³/mol. The highest BCUT2D eigenvalue weighted by molar-refractivity contribution is 6.30. The van der Waals surface area contributed by atoms with Gasteiger partial charge in [0, 0.05) is 17.3 Å². The molecule has 0 N–H and O–H groups in total. The smallest absolute Gasteiger partial charge is 0.330 e. The van der Waals surface area contributed by atoms with E-state index in [1.54, 1.807) is 24.3 Å². The van der Waals surface area contributed by atoms with Crippen LogP contribution in [0.5, 0.6) is 0 Å². The van der Waals surface area contributed by atoms with E-state index in [0.29, 0.717) is 17.3 Å². The van der Waals surface area contributed by atoms with Crippen molar-refractivity contribution >= 4 is 35.2 Å². The van der Waals surface area contributed by atoms with Crippen molar-refractivity contribution in [1.82, 2.24) is 0 Å². The predicted octanol–water partition coefficient (Wildman–Crippen LogP) is 3.85. The summed E-state index contributed by atoms with van der Waals surface area (Å²) in [5.74, 6) is 0. The van der Waals surface area contributed by atoms with Crippen molar-refractivity contribution in [2.24, 2.45) is 0 Å². The molecule has 1 rings (SSSR count). The van der Waals surface area contributed by atoms with E-state index in [1.165, 1.54) is 4.90 Å². The zero-order valence-electron chi connectivity index (χ0n) is 8.24. The average molecular weight is 248 g/mol. The van der Waals surface area contributed by atoms with Gasteiger partial charge in [0.15, 0.2) is 0 Å². The molecule has 3 nitrogen and oxygen atoms in total. The van der Waals surface area contributed by atoms with E-state index in [2.05, 4.69) is 4.29 Å². The topological polar surface area (TPSA) is 29.5 Å². The molecule has 0 aromatic heterocycles. The van der Waals surface area contributed by atoms with Gasteiger partial charge >= 0.3 is 6.09 Å². The summed E-state index contributed by atoms with van der Waals surface area (Å²) >= 11 is 10.9. The van der Waals surface area contributed by atoms with Crippen LogP contribution in [0.4, 0.5) is 10.5 Å². The van der Waals surface area contributed by atoms with Crippen molar-refractivity contribution in [2.75, 3.05) is 11.4 Å². The van der Waals surface area contributed by atoms with Crippen molar-refractivity contribution < 1.29 is 9.08 Å². The van der Waals surface area contributed by atoms with Gasteiger partial charge in [-0.2, -0.15) is 0 Å². The molecule has 1 amide bonds. The molecular weight excluding hydrogens is 237 g/mol. The summed E-state index contributed by atoms with van der Waals surface area (Å²) < 4.78 is 4.18. The first-order valence-corrected chi connectivity index (χ1v) is 5.23. The number of carbonyl (C=O) groups is 1. The van der Waals surface area contributed by atoms with E-state index < -0.39 is 6.09 Å². The number of hydrogen-bond acceptors (Lipinski definition) is 2. The van der Waals surface area contributed by atoms with Gasteiger partial charge in [0.25, 0.3) is 0 Å². The highest BCUT2D eigenvalue weighted by atomic mass is 35.5. The molecule has 0 atom stereocenters. The average Bonchev–Trinajstić information content (AvgIpc) is 2.25. The second kappa shape index (κ2) is 5.83. The van der Waals surface area contributed by atoms with Crippen LogP contribution in [0.1, 0.15) is 13.3 Å². The Labute approximate surface area is 98.7 Å². The van der Waals surface area contributed by atoms with Gasteiger partial charge in [-0.3, -0.25) is 4.90 Å². The zero-order chi connectivity index (χ0) is 11.3. The second-order valence-corrected chi connectivity index (χ2v) is 3.57. The molecule has 82 valence electrons. The van der Waals surface area contributed by atoms with Gasteiger partial charge in [-0.15, -0.1) is 0 Å². The molecule has 0 spiro atoms. The van der Waals surface area contributed by atoms with Gasteiger partial charge < -0.3 is 4.29 Å². The number of hydrogen-bond donors (Lipinski definition) is 0. The van der Waals surface area contributed by atoms with E-state index in [-0.39, 0.29) is 0 Å². The lowest BCUT2D eigenvalue weighted by molar-refractivity contribution is 0.212. The van der Waals surface area contributed by atoms with Crippen LogP contribution in [-0.2, 0) is 4.29 Å². The van der Waals surface area contributed by atoms with Crippen molar-refractivity contribution in [3.8, 4) is 0 Å². The Balaban J connectivity index is 2.93. The van der Waals surface area contributed by atoms with Crippen LogP contribution in [0.3, 0.4) is 0 Å². The van der Waals surface area contributed by atoms with Gasteiger partial charge in [-0.25, -0.2) is 4.79 Å². The molecule has 1 aromatic carbocycles. The van der Waals surface area contributed by atoms with Crippen LogP contribution in [0.15, 0.2) is 24.3 Å². The third-order valence-electron chi connectivity index (χ3n) is 1.85. The SMILES string of the molecule is CCCN(C(=O)OCl)c1cccc(Cl)c1. The Hall–Kier alpha value is -0.930. The Morgan fingerprint density at radius 1 is 1.53 bits per heavy atom. The lowest BCUT2D eigenvalue weighted by Gasteiger charge is -2.19. The number of nitrogens with zero attached hydrogens (tertiary/aromatic N) is 1. The van der Waals surface area contributed by atoms with Crippen molar-refractivity contribution in [2.45, 2.75) is 13.3 Å². The van der Waals surface area contributed by atoms with Crippen molar-refractivity contribution in [3.05, 3.63) is 29.3 Å². The second-order valence-electron chi connectivity index (χ2n) is 2.97. The first kappa shape index (κ1) is 12.1. The fraction of sp³-hybridized carbons (Fsp3) is 0.300. The monoisotopic (exact) mass is 247 g/mol. The fourth-order valence-corrected chi connectivity index (χ4v) is 1.50. The number of amides is 1. The molecule has 5 heteroatoms. The molecule has 0 aliphatic heterocycles. The molecule has 0 bridgehead atoms. The zero-order valence-corrected chi connectivity index (χ0v) is 9.76. The standard InChI is InChI=1S/C10H11Cl2NO2/c1-2-6-13(10(14)15-12)9-5-3-4-8(11)7-9/h3-5,7H,2,6H2,1H3. The fourth-order valence-electron chi connectivity index (χ4n) is 1.24. The summed E-state index contributed by atoms with van der Waals surface area (Å²) in [5.41, 5.74) is 0.676. The summed E-state index contributed by atoms with van der Waals surface area (Å²) in [5, 5.41) is 0.566. The molecule has 0 saturated heterocycles. The number of halogens is 2. The molecule has 0 fully saturated rings. The molecule has 0 aliphatic rings. The highest BCUT2D eigenvalue weighted by Crippen LogP contribution is 2.20. The third-order valence-corrected chi connectivity index (χ3v) is 2.22. The van der Waals surface area contributed by atoms with Crippen LogP contribution in [0.2, 0.25) is 5.02 Å². The first-order valence-electron chi connectivity index (χ1n) is 4.54. The lowest BCUT2D eigenvalue weighted by Crippen LogP contribution is -2.30. The number of rotatable bonds is 3. The van der Waals surface area contributed by atoms with Crippen LogP contribution in [0, 0.1) is 0 Å². The summed E-state index contributed by atoms with van der Waals surface area (Å²) in [7, 11) is 0. The van der Waals surface area contributed by atoms with E-state index in [1.807, 2.05) is 6.92 Å². The Bertz CT molecular complexity index is 344. The number of anilines is 1. The van der Waals surface area contributed by atoms with Gasteiger partial charge in [0.1, 0.15) is 11.9 Å². The largest absolute Gasteiger partial charge is 0.432 e. The minimum absolute atomic E-state index is 0.534. The third kappa shape index (κ3) is 3.29. The minimum Gasteiger partial charge on any atom is -0.330 e. The number of benzene rings is 1. The minimum atomic E-state index is -0.596. The Morgan fingerprint density at radius 3 is 2.80 bits per heavy atom. The van der Waals surface area contributed by atoms with Crippen LogP contribution in [0.25, 0.3) is 0 Å². The maximum atomic E-state index is 11.3. The molecule has 15 heavy (non-hydrogen) atoms. The quantitative estimate of drug-likeness (QED) is 0.813. The molecule has 0 heterocycles. The maximum absolute atomic E-state index is 11.3. The molecule has 1 aromatic rings. The van der Waals surface area contributed by atoms with E-state index in [4.69, 9.17) is 23.5 Å². The molecule has 0 saturated carbocycles. The van der Waals surface area contributed by atoms with Gasteiger partial charge in [0.2, 0.25) is 0 Å². The van der Waals surface area contributed by atoms with Gasteiger partial charge in [-0.1, -0.05) is 24.6 Å². The van der Waals surface area contributed by atoms with E-state index >= 15 is 0 Å². The molecular formula is C10H11Cl2NO2. The molecule has 0 aliphatic carbocycles. The first-order chi connectivity index (χ1) is 7.19. The normalized spacial score (nSPS) is 9.80. The number of carbonyl (C=O) groups excluding carboxylic acids is 1. The van der Waals surface area contributed by atoms with Crippen molar-refractivity contribution in [3.63, 3.8) is 0 Å². The van der Waals surface area contributed by atoms with Crippen LogP contribution >= 0.6 is 23.5 Å². The van der Waals surface area contributed by atoms with Gasteiger partial charge in [0.05, 0.1) is 0 Å². The lowest BCUT2D eigenvalue weighted by atomic mass is 10.3. The summed E-state index contributed by atoms with van der Waals surface area (Å²) in [6.45, 7) is 2.49. The van der Waals surface area contributed by atoms with E-state index in [9.17, 15) is 4.79 Å². The molecule has 0 radical (unpaired) electrons. The summed E-state index contributed by atoms with van der Waals surface area (Å²) in [6, 6.07) is 6.96. The maximum Gasteiger partial charge on any atom is 0.432 e. The summed E-state index contributed by atoms with van der Waals surface area (Å²) in [6.07, 6.45) is 0.208. The van der Waals surface area contributed by atoms with Crippen LogP contribution < -0.4 is 4.90 Å². The Morgan fingerprint density at radius 2 is 2.27 bits per heavy atom. The van der Waals surface area contributed by atoms with Crippen LogP contribution in [-0.4, -0.2) is 12.6 Å². The van der Waals surface area contributed by atoms with Gasteiger partial charge in [-0.05, 0) is 24.6 Å². The van der Waals surface area contributed by atoms with E-state index in [0.717, 1.165) is 6.42 Å². The molecule has 0 unspecified atom stereocenters. The highest BCUT2D eigenvalue weighted by Gasteiger charge is 2.15. The van der Waals surface area contributed by atoms with Crippen molar-refractivity contribution in [1.29, 1.82) is 0 Å². The Kier molecular flexibility index (Phi) is 4.72. The summed E-state index contributed by atoms with van der Waals surface area (Å²) in [4.78, 5) is 12.8.